The first-order chi connectivity index (χ1) is 6.72. The van der Waals surface area contributed by atoms with Gasteiger partial charge in [0.2, 0.25) is 0 Å². The van der Waals surface area contributed by atoms with E-state index >= 15 is 0 Å². The van der Waals surface area contributed by atoms with Gasteiger partial charge in [0, 0.05) is 0 Å². The smallest absolute Gasteiger partial charge is 0.142 e. The topological polar surface area (TPSA) is 25.8 Å². The van der Waals surface area contributed by atoms with E-state index in [4.69, 9.17) is 23.2 Å². The lowest BCUT2D eigenvalue weighted by molar-refractivity contribution is 1.04. The monoisotopic (exact) mass is 264 g/mol. The quantitative estimate of drug-likeness (QED) is 0.768. The van der Waals surface area contributed by atoms with Crippen LogP contribution in [0, 0.1) is 6.92 Å². The summed E-state index contributed by atoms with van der Waals surface area (Å²) < 4.78 is 0. The predicted octanol–water partition coefficient (Wildman–Crippen LogP) is 3.97. The first-order valence-corrected chi connectivity index (χ1v) is 6.45. The summed E-state index contributed by atoms with van der Waals surface area (Å²) in [7, 11) is 0. The molecule has 2 nitrogen and oxygen atoms in total. The standard InChI is InChI=1S/C8H6Cl2N2S2/c1-4-3-13-7(6(4)10)8-12-11-5(2-9)14-8/h3H,2H2,1H3. The molecule has 0 unspecified atom stereocenters. The van der Waals surface area contributed by atoms with Crippen molar-refractivity contribution < 1.29 is 0 Å². The summed E-state index contributed by atoms with van der Waals surface area (Å²) in [5.41, 5.74) is 1.08. The molecule has 0 radical (unpaired) electrons. The predicted molar refractivity (Wildman–Crippen MR) is 62.5 cm³/mol. The first-order valence-electron chi connectivity index (χ1n) is 3.84. The van der Waals surface area contributed by atoms with Gasteiger partial charge >= 0.3 is 0 Å². The van der Waals surface area contributed by atoms with Crippen LogP contribution < -0.4 is 0 Å². The Hall–Kier alpha value is -0.160. The molecule has 0 aromatic carbocycles. The molecule has 14 heavy (non-hydrogen) atoms. The van der Waals surface area contributed by atoms with E-state index in [9.17, 15) is 0 Å². The van der Waals surface area contributed by atoms with Crippen LogP contribution in [-0.2, 0) is 5.88 Å². The van der Waals surface area contributed by atoms with E-state index in [1.807, 2.05) is 12.3 Å². The fraction of sp³-hybridized carbons (Fsp3) is 0.250. The minimum absolute atomic E-state index is 0.402. The maximum Gasteiger partial charge on any atom is 0.159 e. The third-order valence-corrected chi connectivity index (χ3v) is 4.86. The Morgan fingerprint density at radius 2 is 2.21 bits per heavy atom. The van der Waals surface area contributed by atoms with Crippen LogP contribution >= 0.6 is 45.9 Å². The highest BCUT2D eigenvalue weighted by Gasteiger charge is 2.13. The minimum atomic E-state index is 0.402. The molecule has 2 rings (SSSR count). The molecule has 0 saturated carbocycles. The molecular weight excluding hydrogens is 259 g/mol. The summed E-state index contributed by atoms with van der Waals surface area (Å²) in [4.78, 5) is 0.984. The van der Waals surface area contributed by atoms with Crippen molar-refractivity contribution in [1.82, 2.24) is 10.2 Å². The van der Waals surface area contributed by atoms with Crippen molar-refractivity contribution in [1.29, 1.82) is 0 Å². The zero-order valence-electron chi connectivity index (χ0n) is 7.25. The van der Waals surface area contributed by atoms with Crippen LogP contribution in [0.15, 0.2) is 5.38 Å². The number of aryl methyl sites for hydroxylation is 1. The molecule has 74 valence electrons. The lowest BCUT2D eigenvalue weighted by atomic mass is 10.3. The van der Waals surface area contributed by atoms with Gasteiger partial charge in [-0.25, -0.2) is 0 Å². The van der Waals surface area contributed by atoms with Crippen LogP contribution in [0.3, 0.4) is 0 Å². The molecule has 2 aromatic rings. The number of thiophene rings is 1. The van der Waals surface area contributed by atoms with Gasteiger partial charge in [-0.2, -0.15) is 0 Å². The van der Waals surface area contributed by atoms with Gasteiger partial charge in [-0.1, -0.05) is 22.9 Å². The van der Waals surface area contributed by atoms with Gasteiger partial charge in [0.1, 0.15) is 5.01 Å². The largest absolute Gasteiger partial charge is 0.159 e. The van der Waals surface area contributed by atoms with Gasteiger partial charge in [0.15, 0.2) is 5.01 Å². The molecule has 0 aliphatic rings. The van der Waals surface area contributed by atoms with E-state index < -0.39 is 0 Å². The molecule has 0 spiro atoms. The Morgan fingerprint density at radius 1 is 1.43 bits per heavy atom. The number of alkyl halides is 1. The number of nitrogens with zero attached hydrogens (tertiary/aromatic N) is 2. The van der Waals surface area contributed by atoms with Crippen molar-refractivity contribution in [2.45, 2.75) is 12.8 Å². The van der Waals surface area contributed by atoms with Gasteiger partial charge in [-0.05, 0) is 17.9 Å². The number of aromatic nitrogens is 2. The van der Waals surface area contributed by atoms with Crippen LogP contribution in [0.5, 0.6) is 0 Å². The van der Waals surface area contributed by atoms with Crippen molar-refractivity contribution in [2.75, 3.05) is 0 Å². The van der Waals surface area contributed by atoms with Crippen molar-refractivity contribution in [2.24, 2.45) is 0 Å². The minimum Gasteiger partial charge on any atom is -0.142 e. The zero-order chi connectivity index (χ0) is 10.1. The molecule has 0 saturated heterocycles. The molecule has 2 aromatic heterocycles. The second-order valence-electron chi connectivity index (χ2n) is 2.70. The number of halogens is 2. The average Bonchev–Trinajstić information content (AvgIpc) is 2.75. The fourth-order valence-corrected chi connectivity index (χ4v) is 3.31. The third-order valence-electron chi connectivity index (χ3n) is 1.67. The molecule has 0 atom stereocenters. The van der Waals surface area contributed by atoms with Crippen LogP contribution in [-0.4, -0.2) is 10.2 Å². The second kappa shape index (κ2) is 4.14. The Balaban J connectivity index is 2.44. The highest BCUT2D eigenvalue weighted by molar-refractivity contribution is 7.21. The SMILES string of the molecule is Cc1csc(-c2nnc(CCl)s2)c1Cl. The maximum absolute atomic E-state index is 6.11. The Bertz CT molecular complexity index is 450. The van der Waals surface area contributed by atoms with E-state index in [2.05, 4.69) is 10.2 Å². The maximum atomic E-state index is 6.11. The number of hydrogen-bond donors (Lipinski definition) is 0. The Labute approximate surface area is 99.5 Å². The molecule has 0 N–H and O–H groups in total. The van der Waals surface area contributed by atoms with Gasteiger partial charge in [0.05, 0.1) is 15.8 Å². The van der Waals surface area contributed by atoms with E-state index in [0.717, 1.165) is 25.5 Å². The molecular formula is C8H6Cl2N2S2. The lowest BCUT2D eigenvalue weighted by Gasteiger charge is -1.90. The van der Waals surface area contributed by atoms with Crippen molar-refractivity contribution in [3.63, 3.8) is 0 Å². The van der Waals surface area contributed by atoms with E-state index in [-0.39, 0.29) is 0 Å². The van der Waals surface area contributed by atoms with Crippen LogP contribution in [0.4, 0.5) is 0 Å². The summed E-state index contributed by atoms with van der Waals surface area (Å²) in [6.45, 7) is 1.98. The van der Waals surface area contributed by atoms with Crippen LogP contribution in [0.25, 0.3) is 9.88 Å². The summed E-state index contributed by atoms with van der Waals surface area (Å²) in [6, 6.07) is 0. The van der Waals surface area contributed by atoms with E-state index in [1.165, 1.54) is 11.3 Å². The summed E-state index contributed by atoms with van der Waals surface area (Å²) in [5.74, 6) is 0.402. The molecule has 6 heteroatoms. The Morgan fingerprint density at radius 3 is 2.71 bits per heavy atom. The van der Waals surface area contributed by atoms with Crippen LogP contribution in [0.1, 0.15) is 10.6 Å². The molecule has 0 aliphatic carbocycles. The van der Waals surface area contributed by atoms with Crippen molar-refractivity contribution in [3.8, 4) is 9.88 Å². The fourth-order valence-electron chi connectivity index (χ4n) is 0.974. The normalized spacial score (nSPS) is 10.8. The third kappa shape index (κ3) is 1.80. The van der Waals surface area contributed by atoms with Crippen molar-refractivity contribution in [3.05, 3.63) is 21.0 Å². The molecule has 2 heterocycles. The summed E-state index contributed by atoms with van der Waals surface area (Å²) in [6.07, 6.45) is 0. The highest BCUT2D eigenvalue weighted by Crippen LogP contribution is 2.37. The van der Waals surface area contributed by atoms with Gasteiger partial charge in [0.25, 0.3) is 0 Å². The van der Waals surface area contributed by atoms with Crippen molar-refractivity contribution >= 4 is 45.9 Å². The summed E-state index contributed by atoms with van der Waals surface area (Å²) in [5, 5.41) is 12.4. The average molecular weight is 265 g/mol. The lowest BCUT2D eigenvalue weighted by Crippen LogP contribution is -1.74. The van der Waals surface area contributed by atoms with E-state index in [1.54, 1.807) is 11.3 Å². The van der Waals surface area contributed by atoms with E-state index in [0.29, 0.717) is 5.88 Å². The molecule has 0 amide bonds. The number of rotatable bonds is 2. The Kier molecular flexibility index (Phi) is 3.07. The first kappa shape index (κ1) is 10.4. The summed E-state index contributed by atoms with van der Waals surface area (Å²) >= 11 is 14.8. The van der Waals surface area contributed by atoms with Gasteiger partial charge < -0.3 is 0 Å². The molecule has 0 bridgehead atoms. The molecule has 0 fully saturated rings. The van der Waals surface area contributed by atoms with Gasteiger partial charge in [-0.15, -0.1) is 33.1 Å². The van der Waals surface area contributed by atoms with Crippen LogP contribution in [0.2, 0.25) is 5.02 Å². The molecule has 0 aliphatic heterocycles. The second-order valence-corrected chi connectivity index (χ2v) is 5.28. The number of hydrogen-bond acceptors (Lipinski definition) is 4. The highest BCUT2D eigenvalue weighted by atomic mass is 35.5. The van der Waals surface area contributed by atoms with Gasteiger partial charge in [-0.3, -0.25) is 0 Å². The zero-order valence-corrected chi connectivity index (χ0v) is 10.4.